The van der Waals surface area contributed by atoms with Gasteiger partial charge in [0.1, 0.15) is 12.4 Å². The summed E-state index contributed by atoms with van der Waals surface area (Å²) in [5, 5.41) is 0.449. The van der Waals surface area contributed by atoms with Gasteiger partial charge in [-0.05, 0) is 23.8 Å². The number of para-hydroxylation sites is 1. The molecule has 2 aromatic carbocycles. The fourth-order valence-corrected chi connectivity index (χ4v) is 3.25. The molecule has 0 saturated heterocycles. The number of amides is 2. The highest BCUT2D eigenvalue weighted by Crippen LogP contribution is 2.19. The SMILES string of the molecule is O=C(CCN1C(=O)Cc2ccccc2C1=O)OCc1nc2ccccc2c(=O)[nH]1. The van der Waals surface area contributed by atoms with Crippen LogP contribution in [-0.4, -0.2) is 39.2 Å². The number of hydrogen-bond acceptors (Lipinski definition) is 6. The van der Waals surface area contributed by atoms with Crippen LogP contribution in [0.5, 0.6) is 0 Å². The lowest BCUT2D eigenvalue weighted by Crippen LogP contribution is -2.43. The molecule has 146 valence electrons. The number of ether oxygens (including phenoxy) is 1. The maximum absolute atomic E-state index is 12.5. The summed E-state index contributed by atoms with van der Waals surface area (Å²) < 4.78 is 5.14. The van der Waals surface area contributed by atoms with Gasteiger partial charge in [0.2, 0.25) is 5.91 Å². The molecule has 1 aromatic heterocycles. The number of rotatable bonds is 5. The zero-order valence-electron chi connectivity index (χ0n) is 15.4. The molecule has 29 heavy (non-hydrogen) atoms. The summed E-state index contributed by atoms with van der Waals surface area (Å²) in [5.41, 5.74) is 1.35. The Balaban J connectivity index is 1.37. The number of benzene rings is 2. The third-order valence-electron chi connectivity index (χ3n) is 4.71. The predicted octanol–water partition coefficient (Wildman–Crippen LogP) is 1.58. The Morgan fingerprint density at radius 3 is 2.69 bits per heavy atom. The standard InChI is InChI=1S/C21H17N3O5/c25-18-11-13-5-1-2-6-14(13)21(28)24(18)10-9-19(26)29-12-17-22-16-8-4-3-7-15(16)20(27)23-17/h1-8H,9-12H2,(H,22,23,27). The lowest BCUT2D eigenvalue weighted by atomic mass is 9.98. The Kier molecular flexibility index (Phi) is 4.90. The monoisotopic (exact) mass is 391 g/mol. The number of imide groups is 1. The third-order valence-corrected chi connectivity index (χ3v) is 4.71. The number of aromatic amines is 1. The number of aromatic nitrogens is 2. The fraction of sp³-hybridized carbons (Fsp3) is 0.190. The van der Waals surface area contributed by atoms with Gasteiger partial charge in [-0.1, -0.05) is 30.3 Å². The van der Waals surface area contributed by atoms with Gasteiger partial charge in [0.25, 0.3) is 11.5 Å². The molecule has 0 spiro atoms. The van der Waals surface area contributed by atoms with Crippen LogP contribution in [-0.2, 0) is 27.4 Å². The van der Waals surface area contributed by atoms with Crippen LogP contribution in [0.4, 0.5) is 0 Å². The van der Waals surface area contributed by atoms with Gasteiger partial charge in [0, 0.05) is 12.1 Å². The minimum atomic E-state index is -0.597. The van der Waals surface area contributed by atoms with Crippen LogP contribution in [0.15, 0.2) is 53.3 Å². The Bertz CT molecular complexity index is 1180. The summed E-state index contributed by atoms with van der Waals surface area (Å²) in [4.78, 5) is 56.7. The fourth-order valence-electron chi connectivity index (χ4n) is 3.25. The van der Waals surface area contributed by atoms with Crippen molar-refractivity contribution in [2.45, 2.75) is 19.4 Å². The quantitative estimate of drug-likeness (QED) is 0.522. The molecule has 1 aliphatic heterocycles. The second-order valence-electron chi connectivity index (χ2n) is 6.62. The minimum absolute atomic E-state index is 0.0630. The Labute approximate surface area is 165 Å². The average molecular weight is 391 g/mol. The molecular weight excluding hydrogens is 374 g/mol. The van der Waals surface area contributed by atoms with E-state index in [1.54, 1.807) is 48.5 Å². The second kappa shape index (κ2) is 7.67. The Morgan fingerprint density at radius 1 is 1.07 bits per heavy atom. The van der Waals surface area contributed by atoms with Crippen LogP contribution in [0, 0.1) is 0 Å². The largest absolute Gasteiger partial charge is 0.457 e. The number of H-pyrrole nitrogens is 1. The van der Waals surface area contributed by atoms with Crippen molar-refractivity contribution in [2.75, 3.05) is 6.54 Å². The van der Waals surface area contributed by atoms with E-state index in [9.17, 15) is 19.2 Å². The topological polar surface area (TPSA) is 109 Å². The molecule has 0 bridgehead atoms. The molecule has 0 aliphatic carbocycles. The van der Waals surface area contributed by atoms with E-state index in [2.05, 4.69) is 9.97 Å². The number of carbonyl (C=O) groups excluding carboxylic acids is 3. The molecule has 8 heteroatoms. The first-order valence-corrected chi connectivity index (χ1v) is 9.09. The van der Waals surface area contributed by atoms with Crippen molar-refractivity contribution in [1.82, 2.24) is 14.9 Å². The van der Waals surface area contributed by atoms with E-state index in [1.165, 1.54) is 0 Å². The minimum Gasteiger partial charge on any atom is -0.457 e. The van der Waals surface area contributed by atoms with Gasteiger partial charge in [0.05, 0.1) is 23.7 Å². The van der Waals surface area contributed by atoms with Gasteiger partial charge in [-0.2, -0.15) is 0 Å². The van der Waals surface area contributed by atoms with Crippen molar-refractivity contribution >= 4 is 28.7 Å². The van der Waals surface area contributed by atoms with Crippen LogP contribution in [0.2, 0.25) is 0 Å². The van der Waals surface area contributed by atoms with Crippen molar-refractivity contribution in [3.8, 4) is 0 Å². The van der Waals surface area contributed by atoms with Crippen molar-refractivity contribution in [1.29, 1.82) is 0 Å². The maximum Gasteiger partial charge on any atom is 0.308 e. The van der Waals surface area contributed by atoms with Crippen LogP contribution in [0.3, 0.4) is 0 Å². The van der Waals surface area contributed by atoms with Gasteiger partial charge in [-0.3, -0.25) is 24.1 Å². The number of carbonyl (C=O) groups is 3. The number of nitrogens with zero attached hydrogens (tertiary/aromatic N) is 2. The lowest BCUT2D eigenvalue weighted by molar-refractivity contribution is -0.145. The van der Waals surface area contributed by atoms with Crippen LogP contribution in [0.1, 0.15) is 28.2 Å². The van der Waals surface area contributed by atoms with Crippen LogP contribution in [0.25, 0.3) is 10.9 Å². The van der Waals surface area contributed by atoms with Crippen molar-refractivity contribution in [3.05, 3.63) is 75.8 Å². The number of fused-ring (bicyclic) bond motifs is 2. The predicted molar refractivity (Wildman–Crippen MR) is 103 cm³/mol. The lowest BCUT2D eigenvalue weighted by Gasteiger charge is -2.26. The maximum atomic E-state index is 12.5. The smallest absolute Gasteiger partial charge is 0.308 e. The third kappa shape index (κ3) is 3.77. The highest BCUT2D eigenvalue weighted by atomic mass is 16.5. The molecule has 0 radical (unpaired) electrons. The zero-order chi connectivity index (χ0) is 20.4. The highest BCUT2D eigenvalue weighted by molar-refractivity contribution is 6.09. The molecule has 3 aromatic rings. The van der Waals surface area contributed by atoms with Crippen LogP contribution >= 0.6 is 0 Å². The van der Waals surface area contributed by atoms with Crippen molar-refractivity contribution in [3.63, 3.8) is 0 Å². The highest BCUT2D eigenvalue weighted by Gasteiger charge is 2.30. The number of esters is 1. The molecule has 0 unspecified atom stereocenters. The Hall–Kier alpha value is -3.81. The van der Waals surface area contributed by atoms with Gasteiger partial charge in [-0.25, -0.2) is 4.98 Å². The van der Waals surface area contributed by atoms with Crippen molar-refractivity contribution in [2.24, 2.45) is 0 Å². The van der Waals surface area contributed by atoms with Gasteiger partial charge >= 0.3 is 5.97 Å². The molecule has 0 atom stereocenters. The summed E-state index contributed by atoms with van der Waals surface area (Å²) in [6.45, 7) is -0.268. The van der Waals surface area contributed by atoms with E-state index < -0.39 is 11.9 Å². The molecule has 1 N–H and O–H groups in total. The van der Waals surface area contributed by atoms with E-state index in [1.807, 2.05) is 0 Å². The van der Waals surface area contributed by atoms with E-state index in [-0.39, 0.29) is 43.3 Å². The first kappa shape index (κ1) is 18.5. The van der Waals surface area contributed by atoms with Crippen molar-refractivity contribution < 1.29 is 19.1 Å². The molecule has 0 fully saturated rings. The summed E-state index contributed by atoms with van der Waals surface area (Å²) in [5.74, 6) is -1.13. The van der Waals surface area contributed by atoms with Gasteiger partial charge < -0.3 is 9.72 Å². The van der Waals surface area contributed by atoms with Gasteiger partial charge in [0.15, 0.2) is 0 Å². The summed E-state index contributed by atoms with van der Waals surface area (Å²) in [6, 6.07) is 13.8. The van der Waals surface area contributed by atoms with Crippen LogP contribution < -0.4 is 5.56 Å². The normalized spacial score (nSPS) is 13.4. The molecule has 2 heterocycles. The molecule has 2 amide bonds. The molecular formula is C21H17N3O5. The number of hydrogen-bond donors (Lipinski definition) is 1. The second-order valence-corrected chi connectivity index (χ2v) is 6.62. The number of nitrogens with one attached hydrogen (secondary N) is 1. The molecule has 0 saturated carbocycles. The van der Waals surface area contributed by atoms with E-state index in [4.69, 9.17) is 4.74 Å². The van der Waals surface area contributed by atoms with E-state index in [0.717, 1.165) is 4.90 Å². The first-order chi connectivity index (χ1) is 14.0. The first-order valence-electron chi connectivity index (χ1n) is 9.09. The van der Waals surface area contributed by atoms with Gasteiger partial charge in [-0.15, -0.1) is 0 Å². The molecule has 4 rings (SSSR count). The molecule has 8 nitrogen and oxygen atoms in total. The molecule has 1 aliphatic rings. The summed E-state index contributed by atoms with van der Waals surface area (Å²) in [7, 11) is 0. The van der Waals surface area contributed by atoms with E-state index >= 15 is 0 Å². The summed E-state index contributed by atoms with van der Waals surface area (Å²) >= 11 is 0. The van der Waals surface area contributed by atoms with E-state index in [0.29, 0.717) is 22.0 Å². The average Bonchev–Trinajstić information content (AvgIpc) is 2.72. The summed E-state index contributed by atoms with van der Waals surface area (Å²) in [6.07, 6.45) is -0.0172. The zero-order valence-corrected chi connectivity index (χ0v) is 15.4. The Morgan fingerprint density at radius 2 is 1.83 bits per heavy atom.